The molecule has 7 heteroatoms. The largest absolute Gasteiger partial charge is 0.335 e. The highest BCUT2D eigenvalue weighted by Gasteiger charge is 2.21. The van der Waals surface area contributed by atoms with E-state index in [1.807, 2.05) is 37.3 Å². The summed E-state index contributed by atoms with van der Waals surface area (Å²) in [5, 5.41) is 3.05. The van der Waals surface area contributed by atoms with Gasteiger partial charge in [-0.1, -0.05) is 47.5 Å². The number of rotatable bonds is 6. The van der Waals surface area contributed by atoms with Crippen molar-refractivity contribution in [3.63, 3.8) is 0 Å². The predicted molar refractivity (Wildman–Crippen MR) is 104 cm³/mol. The van der Waals surface area contributed by atoms with Crippen molar-refractivity contribution in [3.05, 3.63) is 58.6 Å². The minimum atomic E-state index is -0.359. The molecule has 0 radical (unpaired) electrons. The van der Waals surface area contributed by atoms with E-state index in [9.17, 15) is 9.59 Å². The minimum Gasteiger partial charge on any atom is -0.335 e. The summed E-state index contributed by atoms with van der Waals surface area (Å²) in [5.41, 5.74) is 0.350. The van der Waals surface area contributed by atoms with Gasteiger partial charge in [-0.15, -0.1) is 11.8 Å². The maximum absolute atomic E-state index is 12.4. The van der Waals surface area contributed by atoms with Crippen LogP contribution in [0.2, 0.25) is 10.0 Å². The lowest BCUT2D eigenvalue weighted by Crippen LogP contribution is -2.39. The van der Waals surface area contributed by atoms with E-state index in [1.165, 1.54) is 16.7 Å². The molecule has 1 N–H and O–H groups in total. The molecule has 0 bridgehead atoms. The predicted octanol–water partition coefficient (Wildman–Crippen LogP) is 4.57. The Labute approximate surface area is 161 Å². The van der Waals surface area contributed by atoms with Gasteiger partial charge in [0.2, 0.25) is 11.8 Å². The van der Waals surface area contributed by atoms with Crippen LogP contribution in [0, 0.1) is 0 Å². The van der Waals surface area contributed by atoms with E-state index in [0.29, 0.717) is 15.7 Å². The molecule has 2 aromatic rings. The van der Waals surface area contributed by atoms with Crippen LogP contribution in [0.4, 0.5) is 5.69 Å². The second-order valence-corrected chi connectivity index (χ2v) is 7.64. The summed E-state index contributed by atoms with van der Waals surface area (Å²) >= 11 is 13.5. The summed E-state index contributed by atoms with van der Waals surface area (Å²) in [6, 6.07) is 14.6. The Morgan fingerprint density at radius 2 is 1.68 bits per heavy atom. The van der Waals surface area contributed by atoms with E-state index in [1.54, 1.807) is 25.2 Å². The fraction of sp³-hybridized carbons (Fsp3) is 0.222. The number of amides is 2. The molecule has 2 aromatic carbocycles. The first-order valence-corrected chi connectivity index (χ1v) is 9.22. The van der Waals surface area contributed by atoms with Gasteiger partial charge in [-0.05, 0) is 31.2 Å². The number of hydrogen-bond donors (Lipinski definition) is 1. The topological polar surface area (TPSA) is 49.4 Å². The Morgan fingerprint density at radius 3 is 2.28 bits per heavy atom. The molecule has 0 aliphatic rings. The number of para-hydroxylation sites is 1. The molecular formula is C18H18Cl2N2O2S. The van der Waals surface area contributed by atoms with Gasteiger partial charge in [0.1, 0.15) is 0 Å². The fourth-order valence-corrected chi connectivity index (χ4v) is 3.65. The lowest BCUT2D eigenvalue weighted by atomic mass is 10.3. The number of hydrogen-bond acceptors (Lipinski definition) is 3. The highest BCUT2D eigenvalue weighted by atomic mass is 35.5. The lowest BCUT2D eigenvalue weighted by Gasteiger charge is -2.21. The number of thioether (sulfide) groups is 1. The average Bonchev–Trinajstić information content (AvgIpc) is 2.58. The third-order valence-corrected chi connectivity index (χ3v) is 5.12. The normalized spacial score (nSPS) is 11.7. The minimum absolute atomic E-state index is 0.0833. The van der Waals surface area contributed by atoms with E-state index in [4.69, 9.17) is 23.2 Å². The third kappa shape index (κ3) is 5.66. The maximum atomic E-state index is 12.4. The van der Waals surface area contributed by atoms with Crippen LogP contribution in [0.15, 0.2) is 53.4 Å². The SMILES string of the molecule is CC(Sc1ccccc1)C(=O)N(C)CC(=O)Nc1c(Cl)cccc1Cl. The number of halogens is 2. The summed E-state index contributed by atoms with van der Waals surface area (Å²) in [4.78, 5) is 27.0. The van der Waals surface area contributed by atoms with Gasteiger partial charge in [-0.3, -0.25) is 9.59 Å². The molecule has 0 aromatic heterocycles. The number of benzene rings is 2. The van der Waals surface area contributed by atoms with Crippen LogP contribution >= 0.6 is 35.0 Å². The van der Waals surface area contributed by atoms with E-state index in [2.05, 4.69) is 5.32 Å². The van der Waals surface area contributed by atoms with Crippen LogP contribution in [0.1, 0.15) is 6.92 Å². The van der Waals surface area contributed by atoms with Gasteiger partial charge in [0.05, 0.1) is 27.5 Å². The first-order chi connectivity index (χ1) is 11.9. The van der Waals surface area contributed by atoms with Crippen LogP contribution in [0.5, 0.6) is 0 Å². The Hall–Kier alpha value is -1.69. The molecule has 1 unspecified atom stereocenters. The van der Waals surface area contributed by atoms with Crippen LogP contribution in [0.25, 0.3) is 0 Å². The molecule has 4 nitrogen and oxygen atoms in total. The van der Waals surface area contributed by atoms with E-state index in [0.717, 1.165) is 4.90 Å². The van der Waals surface area contributed by atoms with Crippen molar-refractivity contribution in [2.75, 3.05) is 18.9 Å². The van der Waals surface area contributed by atoms with Crippen molar-refractivity contribution in [3.8, 4) is 0 Å². The quantitative estimate of drug-likeness (QED) is 0.727. The summed E-state index contributed by atoms with van der Waals surface area (Å²) in [7, 11) is 1.60. The fourth-order valence-electron chi connectivity index (χ4n) is 2.15. The van der Waals surface area contributed by atoms with Crippen LogP contribution < -0.4 is 5.32 Å². The zero-order valence-corrected chi connectivity index (χ0v) is 16.2. The van der Waals surface area contributed by atoms with Crippen molar-refractivity contribution < 1.29 is 9.59 Å². The van der Waals surface area contributed by atoms with Gasteiger partial charge in [-0.2, -0.15) is 0 Å². The lowest BCUT2D eigenvalue weighted by molar-refractivity contribution is -0.132. The third-order valence-electron chi connectivity index (χ3n) is 3.39. The molecule has 25 heavy (non-hydrogen) atoms. The van der Waals surface area contributed by atoms with Crippen LogP contribution in [-0.4, -0.2) is 35.6 Å². The maximum Gasteiger partial charge on any atom is 0.244 e. The smallest absolute Gasteiger partial charge is 0.244 e. The standard InChI is InChI=1S/C18H18Cl2N2O2S/c1-12(25-13-7-4-3-5-8-13)18(24)22(2)11-16(23)21-17-14(19)9-6-10-15(17)20/h3-10,12H,11H2,1-2H3,(H,21,23). The Balaban J connectivity index is 1.92. The van der Waals surface area contributed by atoms with Crippen molar-refractivity contribution >= 4 is 52.5 Å². The van der Waals surface area contributed by atoms with E-state index in [-0.39, 0.29) is 23.6 Å². The molecule has 0 spiro atoms. The van der Waals surface area contributed by atoms with Crippen molar-refractivity contribution in [1.82, 2.24) is 4.90 Å². The van der Waals surface area contributed by atoms with Gasteiger partial charge in [-0.25, -0.2) is 0 Å². The molecule has 0 saturated carbocycles. The summed E-state index contributed by atoms with van der Waals surface area (Å²) < 4.78 is 0. The first kappa shape index (κ1) is 19.6. The Morgan fingerprint density at radius 1 is 1.08 bits per heavy atom. The number of likely N-dealkylation sites (N-methyl/N-ethyl adjacent to an activating group) is 1. The summed E-state index contributed by atoms with van der Waals surface area (Å²) in [6.45, 7) is 1.74. The van der Waals surface area contributed by atoms with E-state index >= 15 is 0 Å². The Kier molecular flexibility index (Phi) is 7.17. The molecule has 2 rings (SSSR count). The van der Waals surface area contributed by atoms with Crippen molar-refractivity contribution in [2.24, 2.45) is 0 Å². The number of nitrogens with one attached hydrogen (secondary N) is 1. The van der Waals surface area contributed by atoms with E-state index < -0.39 is 0 Å². The zero-order valence-electron chi connectivity index (χ0n) is 13.8. The molecule has 0 fully saturated rings. The number of carbonyl (C=O) groups excluding carboxylic acids is 2. The number of carbonyl (C=O) groups is 2. The number of anilines is 1. The zero-order chi connectivity index (χ0) is 18.4. The van der Waals surface area contributed by atoms with Crippen LogP contribution in [0.3, 0.4) is 0 Å². The Bertz CT molecular complexity index is 736. The monoisotopic (exact) mass is 396 g/mol. The molecule has 0 aliphatic carbocycles. The highest BCUT2D eigenvalue weighted by Crippen LogP contribution is 2.29. The van der Waals surface area contributed by atoms with Gasteiger partial charge >= 0.3 is 0 Å². The average molecular weight is 397 g/mol. The van der Waals surface area contributed by atoms with Crippen molar-refractivity contribution in [1.29, 1.82) is 0 Å². The molecule has 132 valence electrons. The van der Waals surface area contributed by atoms with Gasteiger partial charge in [0, 0.05) is 11.9 Å². The second-order valence-electron chi connectivity index (χ2n) is 5.41. The molecule has 2 amide bonds. The molecule has 0 heterocycles. The van der Waals surface area contributed by atoms with Gasteiger partial charge < -0.3 is 10.2 Å². The molecule has 0 aliphatic heterocycles. The molecular weight excluding hydrogens is 379 g/mol. The highest BCUT2D eigenvalue weighted by molar-refractivity contribution is 8.00. The van der Waals surface area contributed by atoms with Gasteiger partial charge in [0.15, 0.2) is 0 Å². The van der Waals surface area contributed by atoms with Crippen LogP contribution in [-0.2, 0) is 9.59 Å². The number of nitrogens with zero attached hydrogens (tertiary/aromatic N) is 1. The first-order valence-electron chi connectivity index (χ1n) is 7.59. The summed E-state index contributed by atoms with van der Waals surface area (Å²) in [5.74, 6) is -0.489. The molecule has 1 atom stereocenters. The van der Waals surface area contributed by atoms with Crippen molar-refractivity contribution in [2.45, 2.75) is 17.1 Å². The molecule has 0 saturated heterocycles. The van der Waals surface area contributed by atoms with Gasteiger partial charge in [0.25, 0.3) is 0 Å². The second kappa shape index (κ2) is 9.13. The summed E-state index contributed by atoms with van der Waals surface area (Å²) in [6.07, 6.45) is 0.